The standard InChI is InChI=1S/C12H22O/c1-11(2)5-3-10(4-6-11)9-12(13)7-8-12/h10,13H,3-9H2,1-2H3. The van der Waals surface area contributed by atoms with Gasteiger partial charge in [0.15, 0.2) is 0 Å². The van der Waals surface area contributed by atoms with Crippen molar-refractivity contribution in [2.75, 3.05) is 0 Å². The lowest BCUT2D eigenvalue weighted by Crippen LogP contribution is -2.24. The van der Waals surface area contributed by atoms with Crippen LogP contribution >= 0.6 is 0 Å². The third kappa shape index (κ3) is 2.46. The van der Waals surface area contributed by atoms with Gasteiger partial charge in [0.25, 0.3) is 0 Å². The van der Waals surface area contributed by atoms with Crippen LogP contribution in [0.5, 0.6) is 0 Å². The van der Waals surface area contributed by atoms with E-state index in [9.17, 15) is 5.11 Å². The van der Waals surface area contributed by atoms with Crippen LogP contribution in [0.2, 0.25) is 0 Å². The van der Waals surface area contributed by atoms with Crippen LogP contribution in [0.25, 0.3) is 0 Å². The average Bonchev–Trinajstić information content (AvgIpc) is 2.74. The third-order valence-corrected chi connectivity index (χ3v) is 3.95. The van der Waals surface area contributed by atoms with E-state index in [1.165, 1.54) is 25.7 Å². The number of aliphatic hydroxyl groups is 1. The van der Waals surface area contributed by atoms with Crippen molar-refractivity contribution in [2.24, 2.45) is 11.3 Å². The molecule has 0 amide bonds. The smallest absolute Gasteiger partial charge is 0.0652 e. The highest BCUT2D eigenvalue weighted by molar-refractivity contribution is 4.96. The Labute approximate surface area is 81.5 Å². The van der Waals surface area contributed by atoms with Crippen LogP contribution in [-0.4, -0.2) is 10.7 Å². The number of rotatable bonds is 2. The van der Waals surface area contributed by atoms with E-state index in [-0.39, 0.29) is 5.60 Å². The van der Waals surface area contributed by atoms with Gasteiger partial charge in [0.05, 0.1) is 5.60 Å². The Bertz CT molecular complexity index is 181. The summed E-state index contributed by atoms with van der Waals surface area (Å²) in [4.78, 5) is 0. The van der Waals surface area contributed by atoms with Gasteiger partial charge in [0.1, 0.15) is 0 Å². The van der Waals surface area contributed by atoms with E-state index in [1.807, 2.05) is 0 Å². The molecule has 0 spiro atoms. The maximum Gasteiger partial charge on any atom is 0.0652 e. The summed E-state index contributed by atoms with van der Waals surface area (Å²) < 4.78 is 0. The molecule has 2 rings (SSSR count). The topological polar surface area (TPSA) is 20.2 Å². The van der Waals surface area contributed by atoms with Gasteiger partial charge in [-0.05, 0) is 56.3 Å². The van der Waals surface area contributed by atoms with E-state index in [4.69, 9.17) is 0 Å². The molecule has 0 heterocycles. The van der Waals surface area contributed by atoms with Crippen molar-refractivity contribution in [3.05, 3.63) is 0 Å². The predicted octanol–water partition coefficient (Wildman–Crippen LogP) is 3.12. The van der Waals surface area contributed by atoms with E-state index in [0.29, 0.717) is 5.41 Å². The minimum atomic E-state index is -0.216. The van der Waals surface area contributed by atoms with Gasteiger partial charge in [-0.1, -0.05) is 13.8 Å². The van der Waals surface area contributed by atoms with Crippen LogP contribution in [0.1, 0.15) is 58.8 Å². The van der Waals surface area contributed by atoms with Crippen molar-refractivity contribution in [3.63, 3.8) is 0 Å². The van der Waals surface area contributed by atoms with E-state index in [2.05, 4.69) is 13.8 Å². The fourth-order valence-electron chi connectivity index (χ4n) is 2.55. The molecule has 0 unspecified atom stereocenters. The molecular formula is C12H22O. The van der Waals surface area contributed by atoms with Crippen LogP contribution in [-0.2, 0) is 0 Å². The maximum atomic E-state index is 9.81. The fraction of sp³-hybridized carbons (Fsp3) is 1.00. The van der Waals surface area contributed by atoms with Gasteiger partial charge in [0, 0.05) is 0 Å². The molecule has 0 aromatic rings. The highest BCUT2D eigenvalue weighted by atomic mass is 16.3. The van der Waals surface area contributed by atoms with E-state index < -0.39 is 0 Å². The van der Waals surface area contributed by atoms with Crippen LogP contribution in [0, 0.1) is 11.3 Å². The molecule has 2 aliphatic rings. The molecule has 0 aromatic heterocycles. The molecule has 1 nitrogen and oxygen atoms in total. The molecule has 0 saturated heterocycles. The van der Waals surface area contributed by atoms with Crippen molar-refractivity contribution in [3.8, 4) is 0 Å². The molecule has 13 heavy (non-hydrogen) atoms. The zero-order valence-corrected chi connectivity index (χ0v) is 8.97. The van der Waals surface area contributed by atoms with E-state index >= 15 is 0 Å². The van der Waals surface area contributed by atoms with Crippen molar-refractivity contribution in [2.45, 2.75) is 64.4 Å². The van der Waals surface area contributed by atoms with Gasteiger partial charge >= 0.3 is 0 Å². The molecule has 2 aliphatic carbocycles. The van der Waals surface area contributed by atoms with E-state index in [0.717, 1.165) is 25.2 Å². The Hall–Kier alpha value is -0.0400. The summed E-state index contributed by atoms with van der Waals surface area (Å²) in [6.07, 6.45) is 8.61. The van der Waals surface area contributed by atoms with Crippen LogP contribution in [0.4, 0.5) is 0 Å². The Kier molecular flexibility index (Phi) is 2.18. The number of hydrogen-bond donors (Lipinski definition) is 1. The minimum absolute atomic E-state index is 0.216. The zero-order valence-electron chi connectivity index (χ0n) is 8.97. The largest absolute Gasteiger partial charge is 0.390 e. The van der Waals surface area contributed by atoms with E-state index in [1.54, 1.807) is 0 Å². The summed E-state index contributed by atoms with van der Waals surface area (Å²) in [5, 5.41) is 9.81. The molecule has 0 aliphatic heterocycles. The maximum absolute atomic E-state index is 9.81. The summed E-state index contributed by atoms with van der Waals surface area (Å²) in [5.74, 6) is 0.820. The first-order valence-electron chi connectivity index (χ1n) is 5.72. The van der Waals surface area contributed by atoms with Gasteiger partial charge in [0.2, 0.25) is 0 Å². The first-order valence-corrected chi connectivity index (χ1v) is 5.72. The molecule has 0 bridgehead atoms. The third-order valence-electron chi connectivity index (χ3n) is 3.95. The molecule has 2 saturated carbocycles. The summed E-state index contributed by atoms with van der Waals surface area (Å²) in [6, 6.07) is 0. The first-order chi connectivity index (χ1) is 5.99. The van der Waals surface area contributed by atoms with Gasteiger partial charge in [-0.25, -0.2) is 0 Å². The highest BCUT2D eigenvalue weighted by Gasteiger charge is 2.42. The molecule has 0 aromatic carbocycles. The molecule has 1 heteroatoms. The van der Waals surface area contributed by atoms with Crippen LogP contribution in [0.3, 0.4) is 0 Å². The Morgan fingerprint density at radius 1 is 1.08 bits per heavy atom. The fourth-order valence-corrected chi connectivity index (χ4v) is 2.55. The predicted molar refractivity (Wildman–Crippen MR) is 54.5 cm³/mol. The average molecular weight is 182 g/mol. The molecular weight excluding hydrogens is 160 g/mol. The van der Waals surface area contributed by atoms with Crippen molar-refractivity contribution >= 4 is 0 Å². The number of hydrogen-bond acceptors (Lipinski definition) is 1. The second-order valence-electron chi connectivity index (χ2n) is 6.04. The Balaban J connectivity index is 1.78. The lowest BCUT2D eigenvalue weighted by Gasteiger charge is -2.35. The summed E-state index contributed by atoms with van der Waals surface area (Å²) in [7, 11) is 0. The lowest BCUT2D eigenvalue weighted by molar-refractivity contribution is 0.0888. The second-order valence-corrected chi connectivity index (χ2v) is 6.04. The monoisotopic (exact) mass is 182 g/mol. The molecule has 76 valence electrons. The Morgan fingerprint density at radius 2 is 1.62 bits per heavy atom. The SMILES string of the molecule is CC1(C)CCC(CC2(O)CC2)CC1. The molecule has 1 N–H and O–H groups in total. The molecule has 0 radical (unpaired) electrons. The Morgan fingerprint density at radius 3 is 2.08 bits per heavy atom. The zero-order chi connectivity index (χ0) is 9.53. The van der Waals surface area contributed by atoms with Gasteiger partial charge < -0.3 is 5.11 Å². The first kappa shape index (κ1) is 9.51. The second kappa shape index (κ2) is 2.98. The van der Waals surface area contributed by atoms with Crippen LogP contribution in [0.15, 0.2) is 0 Å². The molecule has 2 fully saturated rings. The van der Waals surface area contributed by atoms with Crippen molar-refractivity contribution < 1.29 is 5.11 Å². The normalized spacial score (nSPS) is 31.6. The molecule has 0 atom stereocenters. The van der Waals surface area contributed by atoms with Gasteiger partial charge in [-0.3, -0.25) is 0 Å². The minimum Gasteiger partial charge on any atom is -0.390 e. The lowest BCUT2D eigenvalue weighted by atomic mass is 9.71. The summed E-state index contributed by atoms with van der Waals surface area (Å²) in [5.41, 5.74) is 0.356. The summed E-state index contributed by atoms with van der Waals surface area (Å²) in [6.45, 7) is 4.74. The van der Waals surface area contributed by atoms with Gasteiger partial charge in [-0.15, -0.1) is 0 Å². The van der Waals surface area contributed by atoms with Crippen LogP contribution < -0.4 is 0 Å². The van der Waals surface area contributed by atoms with Crippen molar-refractivity contribution in [1.82, 2.24) is 0 Å². The van der Waals surface area contributed by atoms with Crippen molar-refractivity contribution in [1.29, 1.82) is 0 Å². The quantitative estimate of drug-likeness (QED) is 0.695. The highest BCUT2D eigenvalue weighted by Crippen LogP contribution is 2.46. The van der Waals surface area contributed by atoms with Gasteiger partial charge in [-0.2, -0.15) is 0 Å². The summed E-state index contributed by atoms with van der Waals surface area (Å²) >= 11 is 0.